The van der Waals surface area contributed by atoms with Crippen molar-refractivity contribution in [1.29, 1.82) is 0 Å². The maximum atomic E-state index is 13.4. The molecule has 1 aliphatic heterocycles. The lowest BCUT2D eigenvalue weighted by molar-refractivity contribution is -0.136. The predicted octanol–water partition coefficient (Wildman–Crippen LogP) is 5.16. The Morgan fingerprint density at radius 3 is 2.30 bits per heavy atom. The van der Waals surface area contributed by atoms with Gasteiger partial charge in [-0.25, -0.2) is 0 Å². The van der Waals surface area contributed by atoms with E-state index in [9.17, 15) is 14.7 Å². The minimum atomic E-state index is -1.88. The third kappa shape index (κ3) is 3.61. The van der Waals surface area contributed by atoms with Crippen LogP contribution in [0.1, 0.15) is 38.6 Å². The molecule has 6 heteroatoms. The number of para-hydroxylation sites is 1. The Kier molecular flexibility index (Phi) is 5.27. The highest BCUT2D eigenvalue weighted by atomic mass is 32.1. The van der Waals surface area contributed by atoms with Gasteiger partial charge < -0.3 is 14.6 Å². The number of benzene rings is 2. The normalized spacial score (nSPS) is 17.4. The van der Waals surface area contributed by atoms with Crippen LogP contribution >= 0.6 is 11.3 Å². The molecule has 33 heavy (non-hydrogen) atoms. The Labute approximate surface area is 196 Å². The van der Waals surface area contributed by atoms with Crippen LogP contribution in [0.5, 0.6) is 0 Å². The molecule has 5 rings (SSSR count). The number of rotatable bonds is 6. The molecule has 0 bridgehead atoms. The molecule has 166 valence electrons. The first-order valence-corrected chi connectivity index (χ1v) is 11.7. The highest BCUT2D eigenvalue weighted by Crippen LogP contribution is 2.43. The van der Waals surface area contributed by atoms with Gasteiger partial charge in [-0.1, -0.05) is 24.3 Å². The van der Waals surface area contributed by atoms with Gasteiger partial charge in [-0.05, 0) is 67.8 Å². The molecular weight excluding hydrogens is 432 g/mol. The van der Waals surface area contributed by atoms with Crippen molar-refractivity contribution in [3.63, 3.8) is 0 Å². The second-order valence-corrected chi connectivity index (χ2v) is 9.48. The number of aliphatic hydroxyl groups is 1. The number of fused-ring (bicyclic) bond motifs is 1. The molecule has 0 aliphatic carbocycles. The van der Waals surface area contributed by atoms with E-state index in [2.05, 4.69) is 16.7 Å². The van der Waals surface area contributed by atoms with Crippen LogP contribution in [0.3, 0.4) is 0 Å². The molecular formula is C27H24N2O3S. The Bertz CT molecular complexity index is 1320. The topological polar surface area (TPSA) is 62.5 Å². The summed E-state index contributed by atoms with van der Waals surface area (Å²) in [6, 6.07) is 22.5. The molecule has 4 aromatic rings. The number of aryl methyl sites for hydroxylation is 2. The zero-order chi connectivity index (χ0) is 23.2. The first kappa shape index (κ1) is 21.4. The molecule has 0 saturated heterocycles. The third-order valence-electron chi connectivity index (χ3n) is 6.27. The van der Waals surface area contributed by atoms with Crippen LogP contribution in [-0.4, -0.2) is 21.4 Å². The monoisotopic (exact) mass is 456 g/mol. The van der Waals surface area contributed by atoms with Crippen LogP contribution in [0.2, 0.25) is 0 Å². The number of nitrogens with zero attached hydrogens (tertiary/aromatic N) is 2. The minimum absolute atomic E-state index is 0.272. The fourth-order valence-corrected chi connectivity index (χ4v) is 5.29. The highest BCUT2D eigenvalue weighted by Gasteiger charge is 2.50. The second kappa shape index (κ2) is 8.14. The summed E-state index contributed by atoms with van der Waals surface area (Å²) in [5, 5.41) is 13.5. The summed E-state index contributed by atoms with van der Waals surface area (Å²) in [6.45, 7) is 4.44. The van der Waals surface area contributed by atoms with Crippen molar-refractivity contribution in [2.45, 2.75) is 32.4 Å². The standard InChI is InChI=1S/C27H24N2O3S/c1-18-9-10-19(2)29(18)21-13-11-20(12-14-21)25(30)16-27(32)23-7-3-4-8-24(23)28(26(27)31)17-22-6-5-15-33-22/h3-15,32H,16-17H2,1-2H3. The van der Waals surface area contributed by atoms with Gasteiger partial charge >= 0.3 is 0 Å². The number of hydrogen-bond donors (Lipinski definition) is 1. The summed E-state index contributed by atoms with van der Waals surface area (Å²) in [4.78, 5) is 29.2. The summed E-state index contributed by atoms with van der Waals surface area (Å²) in [5.41, 5.74) is 2.92. The van der Waals surface area contributed by atoms with E-state index in [1.807, 2.05) is 55.6 Å². The van der Waals surface area contributed by atoms with Gasteiger partial charge in [0.1, 0.15) is 0 Å². The van der Waals surface area contributed by atoms with Crippen molar-refractivity contribution in [2.24, 2.45) is 0 Å². The summed E-state index contributed by atoms with van der Waals surface area (Å²) >= 11 is 1.55. The van der Waals surface area contributed by atoms with Crippen LogP contribution in [0.25, 0.3) is 5.69 Å². The van der Waals surface area contributed by atoms with Gasteiger partial charge in [0.05, 0.1) is 18.7 Å². The van der Waals surface area contributed by atoms with Crippen LogP contribution in [0.15, 0.2) is 78.2 Å². The van der Waals surface area contributed by atoms with Crippen molar-refractivity contribution in [1.82, 2.24) is 4.57 Å². The summed E-state index contributed by atoms with van der Waals surface area (Å²) < 4.78 is 2.11. The lowest BCUT2D eigenvalue weighted by Gasteiger charge is -2.22. The number of carbonyl (C=O) groups is 2. The first-order chi connectivity index (χ1) is 15.9. The number of Topliss-reactive ketones (excluding diaryl/α,β-unsaturated/α-hetero) is 1. The number of carbonyl (C=O) groups excluding carboxylic acids is 2. The van der Waals surface area contributed by atoms with Crippen molar-refractivity contribution in [3.8, 4) is 5.69 Å². The molecule has 1 aliphatic rings. The smallest absolute Gasteiger partial charge is 0.264 e. The Morgan fingerprint density at radius 2 is 1.64 bits per heavy atom. The molecule has 0 saturated carbocycles. The number of ketones is 1. The molecule has 0 fully saturated rings. The van der Waals surface area contributed by atoms with E-state index in [4.69, 9.17) is 0 Å². The summed E-state index contributed by atoms with van der Waals surface area (Å²) in [7, 11) is 0. The number of thiophene rings is 1. The fourth-order valence-electron chi connectivity index (χ4n) is 4.60. The molecule has 2 aromatic heterocycles. The van der Waals surface area contributed by atoms with Gasteiger partial charge in [-0.3, -0.25) is 9.59 Å². The maximum Gasteiger partial charge on any atom is 0.264 e. The summed E-state index contributed by atoms with van der Waals surface area (Å²) in [6.07, 6.45) is -0.301. The quantitative estimate of drug-likeness (QED) is 0.408. The molecule has 0 spiro atoms. The minimum Gasteiger partial charge on any atom is -0.375 e. The number of anilines is 1. The zero-order valence-electron chi connectivity index (χ0n) is 18.5. The van der Waals surface area contributed by atoms with E-state index < -0.39 is 11.5 Å². The van der Waals surface area contributed by atoms with Crippen molar-refractivity contribution in [3.05, 3.63) is 106 Å². The Morgan fingerprint density at radius 1 is 0.939 bits per heavy atom. The van der Waals surface area contributed by atoms with E-state index in [1.54, 1.807) is 40.5 Å². The first-order valence-electron chi connectivity index (χ1n) is 10.8. The van der Waals surface area contributed by atoms with Gasteiger partial charge in [0.2, 0.25) is 0 Å². The largest absolute Gasteiger partial charge is 0.375 e. The van der Waals surface area contributed by atoms with Crippen LogP contribution in [-0.2, 0) is 16.9 Å². The highest BCUT2D eigenvalue weighted by molar-refractivity contribution is 7.09. The van der Waals surface area contributed by atoms with E-state index in [0.29, 0.717) is 23.4 Å². The van der Waals surface area contributed by atoms with E-state index in [1.165, 1.54) is 0 Å². The summed E-state index contributed by atoms with van der Waals surface area (Å²) in [5.74, 6) is -0.730. The number of hydrogen-bond acceptors (Lipinski definition) is 4. The van der Waals surface area contributed by atoms with Gasteiger partial charge in [-0.15, -0.1) is 11.3 Å². The van der Waals surface area contributed by atoms with E-state index >= 15 is 0 Å². The molecule has 2 aromatic carbocycles. The molecule has 0 radical (unpaired) electrons. The van der Waals surface area contributed by atoms with Gasteiger partial charge in [-0.2, -0.15) is 0 Å². The van der Waals surface area contributed by atoms with E-state index in [-0.39, 0.29) is 12.2 Å². The second-order valence-electron chi connectivity index (χ2n) is 8.45. The average molecular weight is 457 g/mol. The molecule has 5 nitrogen and oxygen atoms in total. The number of aromatic nitrogens is 1. The SMILES string of the molecule is Cc1ccc(C)n1-c1ccc(C(=O)CC2(O)C(=O)N(Cc3cccs3)c3ccccc32)cc1. The third-order valence-corrected chi connectivity index (χ3v) is 7.13. The lowest BCUT2D eigenvalue weighted by atomic mass is 9.88. The molecule has 1 atom stereocenters. The van der Waals surface area contributed by atoms with Gasteiger partial charge in [0.15, 0.2) is 11.4 Å². The predicted molar refractivity (Wildman–Crippen MR) is 130 cm³/mol. The van der Waals surface area contributed by atoms with Gasteiger partial charge in [0.25, 0.3) is 5.91 Å². The molecule has 1 unspecified atom stereocenters. The zero-order valence-corrected chi connectivity index (χ0v) is 19.3. The number of amides is 1. The van der Waals surface area contributed by atoms with Crippen LogP contribution in [0.4, 0.5) is 5.69 Å². The molecule has 1 amide bonds. The van der Waals surface area contributed by atoms with Gasteiger partial charge in [0, 0.05) is 33.1 Å². The average Bonchev–Trinajstić information content (AvgIpc) is 3.50. The van der Waals surface area contributed by atoms with E-state index in [0.717, 1.165) is 22.0 Å². The van der Waals surface area contributed by atoms with Crippen LogP contribution in [0, 0.1) is 13.8 Å². The van der Waals surface area contributed by atoms with Crippen LogP contribution < -0.4 is 4.90 Å². The lowest BCUT2D eigenvalue weighted by Crippen LogP contribution is -2.41. The maximum absolute atomic E-state index is 13.4. The van der Waals surface area contributed by atoms with Crippen molar-refractivity contribution < 1.29 is 14.7 Å². The Hall–Kier alpha value is -3.48. The molecule has 1 N–H and O–H groups in total. The fraction of sp³-hybridized carbons (Fsp3) is 0.185. The molecule has 3 heterocycles. The van der Waals surface area contributed by atoms with Crippen molar-refractivity contribution >= 4 is 28.7 Å². The Balaban J connectivity index is 1.42. The van der Waals surface area contributed by atoms with Crippen molar-refractivity contribution in [2.75, 3.05) is 4.90 Å².